The van der Waals surface area contributed by atoms with Crippen molar-refractivity contribution in [3.05, 3.63) is 23.6 Å². The van der Waals surface area contributed by atoms with Crippen molar-refractivity contribution in [2.75, 3.05) is 0 Å². The third kappa shape index (κ3) is 2.08. The summed E-state index contributed by atoms with van der Waals surface area (Å²) in [7, 11) is 0. The number of benzene rings is 1. The number of oxazole rings is 1. The Kier molecular flexibility index (Phi) is 2.75. The lowest BCUT2D eigenvalue weighted by Gasteiger charge is -2.07. The van der Waals surface area contributed by atoms with Gasteiger partial charge in [-0.2, -0.15) is 0 Å². The third-order valence-corrected chi connectivity index (χ3v) is 2.67. The number of hydrogen-bond acceptors (Lipinski definition) is 4. The van der Waals surface area contributed by atoms with Crippen LogP contribution in [-0.2, 0) is 11.2 Å². The number of carbonyl (C=O) groups is 1. The van der Waals surface area contributed by atoms with E-state index in [1.54, 1.807) is 26.0 Å². The zero-order valence-electron chi connectivity index (χ0n) is 9.60. The van der Waals surface area contributed by atoms with Gasteiger partial charge in [-0.1, -0.05) is 13.0 Å². The number of hydrogen-bond donors (Lipinski definition) is 2. The minimum Gasteiger partial charge on any atom is -0.504 e. The normalized spacial score (nSPS) is 12.8. The van der Waals surface area contributed by atoms with Crippen molar-refractivity contribution in [2.45, 2.75) is 20.3 Å². The molecule has 0 aliphatic heterocycles. The lowest BCUT2D eigenvalue weighted by Crippen LogP contribution is -2.12. The molecule has 90 valence electrons. The molecule has 1 unspecified atom stereocenters. The molecule has 0 saturated carbocycles. The number of aryl methyl sites for hydroxylation is 1. The molecule has 2 N–H and O–H groups in total. The van der Waals surface area contributed by atoms with Crippen molar-refractivity contribution in [2.24, 2.45) is 5.92 Å². The number of aromatic hydroxyl groups is 1. The fourth-order valence-corrected chi connectivity index (χ4v) is 1.71. The van der Waals surface area contributed by atoms with Crippen LogP contribution in [0.15, 0.2) is 16.5 Å². The van der Waals surface area contributed by atoms with E-state index < -0.39 is 11.9 Å². The predicted molar refractivity (Wildman–Crippen MR) is 60.9 cm³/mol. The molecule has 0 bridgehead atoms. The first kappa shape index (κ1) is 11.4. The van der Waals surface area contributed by atoms with Crippen molar-refractivity contribution in [1.82, 2.24) is 4.98 Å². The topological polar surface area (TPSA) is 83.6 Å². The summed E-state index contributed by atoms with van der Waals surface area (Å²) in [5.41, 5.74) is 1.45. The van der Waals surface area contributed by atoms with Crippen LogP contribution in [0.4, 0.5) is 0 Å². The summed E-state index contributed by atoms with van der Waals surface area (Å²) in [6.07, 6.45) is 0.261. The van der Waals surface area contributed by atoms with E-state index in [1.807, 2.05) is 0 Å². The van der Waals surface area contributed by atoms with Gasteiger partial charge in [0.15, 0.2) is 17.2 Å². The minimum absolute atomic E-state index is 0.0174. The van der Waals surface area contributed by atoms with Crippen molar-refractivity contribution < 1.29 is 19.4 Å². The second-order valence-electron chi connectivity index (χ2n) is 4.10. The Balaban J connectivity index is 2.42. The van der Waals surface area contributed by atoms with Gasteiger partial charge in [0.25, 0.3) is 0 Å². The largest absolute Gasteiger partial charge is 0.504 e. The molecule has 1 atom stereocenters. The molecule has 1 heterocycles. The molecule has 0 aliphatic rings. The number of aromatic nitrogens is 1. The molecule has 2 rings (SSSR count). The van der Waals surface area contributed by atoms with Gasteiger partial charge in [-0.3, -0.25) is 4.79 Å². The summed E-state index contributed by atoms with van der Waals surface area (Å²) in [4.78, 5) is 14.9. The first-order chi connectivity index (χ1) is 7.99. The van der Waals surface area contributed by atoms with Crippen LogP contribution in [0.5, 0.6) is 5.75 Å². The van der Waals surface area contributed by atoms with E-state index in [1.165, 1.54) is 0 Å². The van der Waals surface area contributed by atoms with Crippen LogP contribution in [-0.4, -0.2) is 21.2 Å². The summed E-state index contributed by atoms with van der Waals surface area (Å²) >= 11 is 0. The number of fused-ring (bicyclic) bond motifs is 1. The monoisotopic (exact) mass is 235 g/mol. The van der Waals surface area contributed by atoms with Crippen LogP contribution in [0, 0.1) is 12.8 Å². The second kappa shape index (κ2) is 4.08. The molecule has 0 fully saturated rings. The standard InChI is InChI=1S/C12H13NO4/c1-6(12(15)16)5-8-3-4-9-11(10(8)14)17-7(2)13-9/h3-4,6,14H,5H2,1-2H3,(H,15,16). The average molecular weight is 235 g/mol. The van der Waals surface area contributed by atoms with Gasteiger partial charge in [0.2, 0.25) is 0 Å². The highest BCUT2D eigenvalue weighted by molar-refractivity contribution is 5.81. The number of phenolic OH excluding ortho intramolecular Hbond substituents is 1. The van der Waals surface area contributed by atoms with Crippen LogP contribution < -0.4 is 0 Å². The first-order valence-electron chi connectivity index (χ1n) is 5.30. The Morgan fingerprint density at radius 3 is 2.88 bits per heavy atom. The number of aliphatic carboxylic acids is 1. The maximum absolute atomic E-state index is 10.8. The number of rotatable bonds is 3. The maximum atomic E-state index is 10.8. The number of phenols is 1. The highest BCUT2D eigenvalue weighted by atomic mass is 16.4. The number of carboxylic acid groups (broad SMARTS) is 1. The van der Waals surface area contributed by atoms with Gasteiger partial charge >= 0.3 is 5.97 Å². The van der Waals surface area contributed by atoms with Gasteiger partial charge in [-0.05, 0) is 18.1 Å². The molecule has 1 aromatic heterocycles. The van der Waals surface area contributed by atoms with E-state index in [0.29, 0.717) is 22.6 Å². The third-order valence-electron chi connectivity index (χ3n) is 2.67. The van der Waals surface area contributed by atoms with Crippen molar-refractivity contribution in [3.8, 4) is 5.75 Å². The smallest absolute Gasteiger partial charge is 0.306 e. The number of nitrogens with zero attached hydrogens (tertiary/aromatic N) is 1. The van der Waals surface area contributed by atoms with Gasteiger partial charge < -0.3 is 14.6 Å². The molecule has 5 heteroatoms. The molecular formula is C12H13NO4. The molecule has 2 aromatic rings. The van der Waals surface area contributed by atoms with Crippen LogP contribution in [0.3, 0.4) is 0 Å². The molecule has 1 aromatic carbocycles. The van der Waals surface area contributed by atoms with E-state index in [-0.39, 0.29) is 12.2 Å². The molecular weight excluding hydrogens is 222 g/mol. The maximum Gasteiger partial charge on any atom is 0.306 e. The Labute approximate surface area is 97.7 Å². The molecule has 17 heavy (non-hydrogen) atoms. The lowest BCUT2D eigenvalue weighted by atomic mass is 10.0. The fourth-order valence-electron chi connectivity index (χ4n) is 1.71. The number of carboxylic acids is 1. The SMILES string of the molecule is Cc1nc2ccc(CC(C)C(=O)O)c(O)c2o1. The van der Waals surface area contributed by atoms with Crippen LogP contribution >= 0.6 is 0 Å². The summed E-state index contributed by atoms with van der Waals surface area (Å²) in [5.74, 6) is -0.990. The molecule has 0 aliphatic carbocycles. The summed E-state index contributed by atoms with van der Waals surface area (Å²) in [6.45, 7) is 3.29. The molecule has 0 saturated heterocycles. The van der Waals surface area contributed by atoms with E-state index in [9.17, 15) is 9.90 Å². The highest BCUT2D eigenvalue weighted by Crippen LogP contribution is 2.30. The van der Waals surface area contributed by atoms with Gasteiger partial charge in [0.05, 0.1) is 5.92 Å². The average Bonchev–Trinajstić information content (AvgIpc) is 2.63. The molecule has 0 spiro atoms. The highest BCUT2D eigenvalue weighted by Gasteiger charge is 2.17. The molecule has 0 amide bonds. The van der Waals surface area contributed by atoms with Crippen LogP contribution in [0.2, 0.25) is 0 Å². The zero-order valence-corrected chi connectivity index (χ0v) is 9.60. The van der Waals surface area contributed by atoms with E-state index >= 15 is 0 Å². The van der Waals surface area contributed by atoms with Gasteiger partial charge in [0.1, 0.15) is 5.52 Å². The minimum atomic E-state index is -0.891. The van der Waals surface area contributed by atoms with E-state index in [0.717, 1.165) is 0 Å². The Morgan fingerprint density at radius 2 is 2.24 bits per heavy atom. The first-order valence-corrected chi connectivity index (χ1v) is 5.30. The lowest BCUT2D eigenvalue weighted by molar-refractivity contribution is -0.141. The van der Waals surface area contributed by atoms with Crippen LogP contribution in [0.25, 0.3) is 11.1 Å². The Morgan fingerprint density at radius 1 is 1.53 bits per heavy atom. The summed E-state index contributed by atoms with van der Waals surface area (Å²) in [5, 5.41) is 18.8. The van der Waals surface area contributed by atoms with Gasteiger partial charge in [-0.15, -0.1) is 0 Å². The molecule has 0 radical (unpaired) electrons. The van der Waals surface area contributed by atoms with Gasteiger partial charge in [-0.25, -0.2) is 4.98 Å². The Hall–Kier alpha value is -2.04. The zero-order chi connectivity index (χ0) is 12.6. The van der Waals surface area contributed by atoms with Crippen molar-refractivity contribution >= 4 is 17.1 Å². The summed E-state index contributed by atoms with van der Waals surface area (Å²) < 4.78 is 5.27. The second-order valence-corrected chi connectivity index (χ2v) is 4.10. The van der Waals surface area contributed by atoms with Crippen LogP contribution in [0.1, 0.15) is 18.4 Å². The summed E-state index contributed by atoms with van der Waals surface area (Å²) in [6, 6.07) is 3.40. The van der Waals surface area contributed by atoms with E-state index in [4.69, 9.17) is 9.52 Å². The van der Waals surface area contributed by atoms with E-state index in [2.05, 4.69) is 4.98 Å². The Bertz CT molecular complexity index is 573. The fraction of sp³-hybridized carbons (Fsp3) is 0.333. The van der Waals surface area contributed by atoms with Crippen molar-refractivity contribution in [3.63, 3.8) is 0 Å². The predicted octanol–water partition coefficient (Wildman–Crippen LogP) is 2.11. The van der Waals surface area contributed by atoms with Gasteiger partial charge in [0, 0.05) is 6.92 Å². The molecule has 5 nitrogen and oxygen atoms in total. The van der Waals surface area contributed by atoms with Crippen molar-refractivity contribution in [1.29, 1.82) is 0 Å². The quantitative estimate of drug-likeness (QED) is 0.851.